The van der Waals surface area contributed by atoms with Gasteiger partial charge in [-0.2, -0.15) is 0 Å². The lowest BCUT2D eigenvalue weighted by Gasteiger charge is -2.26. The largest absolute Gasteiger partial charge is 0.396 e. The average molecular weight is 222 g/mol. The molecule has 1 aromatic rings. The molecule has 0 heterocycles. The fourth-order valence-electron chi connectivity index (χ4n) is 1.76. The summed E-state index contributed by atoms with van der Waals surface area (Å²) in [6, 6.07) is 8.48. The van der Waals surface area contributed by atoms with Crippen LogP contribution in [0.5, 0.6) is 0 Å². The van der Waals surface area contributed by atoms with E-state index in [2.05, 4.69) is 31.2 Å². The topological polar surface area (TPSA) is 20.2 Å². The van der Waals surface area contributed by atoms with Crippen LogP contribution in [0.3, 0.4) is 0 Å². The van der Waals surface area contributed by atoms with Crippen molar-refractivity contribution in [3.8, 4) is 0 Å². The molecular weight excluding hydrogens is 204 g/mol. The molecule has 0 bridgehead atoms. The highest BCUT2D eigenvalue weighted by Crippen LogP contribution is 2.39. The monoisotopic (exact) mass is 222 g/mol. The maximum absolute atomic E-state index is 9.21. The van der Waals surface area contributed by atoms with Gasteiger partial charge in [-0.05, 0) is 24.5 Å². The molecule has 15 heavy (non-hydrogen) atoms. The van der Waals surface area contributed by atoms with Crippen LogP contribution in [0.1, 0.15) is 37.7 Å². The van der Waals surface area contributed by atoms with Crippen LogP contribution in [0, 0.1) is 0 Å². The maximum Gasteiger partial charge on any atom is 0.0497 e. The molecule has 1 unspecified atom stereocenters. The van der Waals surface area contributed by atoms with Gasteiger partial charge in [0.15, 0.2) is 0 Å². The van der Waals surface area contributed by atoms with Gasteiger partial charge < -0.3 is 5.11 Å². The molecule has 2 heteroatoms. The van der Waals surface area contributed by atoms with E-state index >= 15 is 0 Å². The molecule has 1 N–H and O–H groups in total. The highest BCUT2D eigenvalue weighted by atomic mass is 32.2. The summed E-state index contributed by atoms with van der Waals surface area (Å²) in [5.41, 5.74) is 1.30. The van der Waals surface area contributed by atoms with Crippen molar-refractivity contribution in [3.63, 3.8) is 0 Å². The van der Waals surface area contributed by atoms with Crippen LogP contribution < -0.4 is 0 Å². The van der Waals surface area contributed by atoms with Crippen molar-refractivity contribution in [2.45, 2.75) is 42.2 Å². The lowest BCUT2D eigenvalue weighted by molar-refractivity contribution is 0.272. The van der Waals surface area contributed by atoms with Crippen molar-refractivity contribution in [2.24, 2.45) is 0 Å². The molecule has 0 aliphatic heterocycles. The van der Waals surface area contributed by atoms with Crippen LogP contribution in [-0.4, -0.2) is 17.0 Å². The summed E-state index contributed by atoms with van der Waals surface area (Å²) in [5, 5.41) is 10.0. The highest BCUT2D eigenvalue weighted by molar-refractivity contribution is 8.00. The molecule has 1 aliphatic carbocycles. The molecule has 0 saturated heterocycles. The van der Waals surface area contributed by atoms with Gasteiger partial charge >= 0.3 is 0 Å². The molecular formula is C13H18OS. The summed E-state index contributed by atoms with van der Waals surface area (Å²) in [5.74, 6) is 0.258. The zero-order chi connectivity index (χ0) is 10.7. The summed E-state index contributed by atoms with van der Waals surface area (Å²) in [7, 11) is 0. The Hall–Kier alpha value is -0.470. The van der Waals surface area contributed by atoms with E-state index in [4.69, 9.17) is 0 Å². The number of thioether (sulfide) groups is 1. The summed E-state index contributed by atoms with van der Waals surface area (Å²) < 4.78 is 0. The quantitative estimate of drug-likeness (QED) is 0.842. The second-order valence-electron chi connectivity index (χ2n) is 4.29. The number of hydrogen-bond donors (Lipinski definition) is 1. The number of aliphatic hydroxyl groups excluding tert-OH is 1. The molecule has 0 aromatic heterocycles. The first-order valence-electron chi connectivity index (χ1n) is 5.67. The predicted octanol–water partition coefficient (Wildman–Crippen LogP) is 3.43. The zero-order valence-corrected chi connectivity index (χ0v) is 9.96. The van der Waals surface area contributed by atoms with Gasteiger partial charge in [-0.1, -0.05) is 31.5 Å². The molecule has 1 saturated carbocycles. The van der Waals surface area contributed by atoms with Crippen LogP contribution in [-0.2, 0) is 0 Å². The van der Waals surface area contributed by atoms with Crippen molar-refractivity contribution in [1.82, 2.24) is 0 Å². The van der Waals surface area contributed by atoms with Crippen molar-refractivity contribution < 1.29 is 5.11 Å². The predicted molar refractivity (Wildman–Crippen MR) is 65.4 cm³/mol. The van der Waals surface area contributed by atoms with Gasteiger partial charge in [0.2, 0.25) is 0 Å². The average Bonchev–Trinajstić information content (AvgIpc) is 2.23. The Morgan fingerprint density at radius 2 is 2.13 bits per heavy atom. The molecule has 1 nitrogen and oxygen atoms in total. The second kappa shape index (κ2) is 5.04. The van der Waals surface area contributed by atoms with E-state index in [9.17, 15) is 5.11 Å². The SMILES string of the molecule is CC(CO)c1ccccc1SC1CCC1. The first kappa shape index (κ1) is 11.0. The van der Waals surface area contributed by atoms with Crippen molar-refractivity contribution >= 4 is 11.8 Å². The molecule has 1 aliphatic rings. The fourth-order valence-corrected chi connectivity index (χ4v) is 3.25. The number of rotatable bonds is 4. The van der Waals surface area contributed by atoms with Crippen LogP contribution in [0.2, 0.25) is 0 Å². The van der Waals surface area contributed by atoms with Gasteiger partial charge in [0, 0.05) is 22.7 Å². The van der Waals surface area contributed by atoms with Gasteiger partial charge in [-0.3, -0.25) is 0 Å². The maximum atomic E-state index is 9.21. The van der Waals surface area contributed by atoms with Crippen LogP contribution in [0.4, 0.5) is 0 Å². The highest BCUT2D eigenvalue weighted by Gasteiger charge is 2.20. The van der Waals surface area contributed by atoms with Crippen molar-refractivity contribution in [2.75, 3.05) is 6.61 Å². The third-order valence-corrected chi connectivity index (χ3v) is 4.50. The Bertz CT molecular complexity index is 320. The normalized spacial score (nSPS) is 18.5. The third-order valence-electron chi connectivity index (χ3n) is 3.07. The number of hydrogen-bond acceptors (Lipinski definition) is 2. The van der Waals surface area contributed by atoms with E-state index in [0.717, 1.165) is 5.25 Å². The van der Waals surface area contributed by atoms with E-state index in [0.29, 0.717) is 0 Å². The minimum absolute atomic E-state index is 0.238. The Morgan fingerprint density at radius 1 is 1.40 bits per heavy atom. The molecule has 0 radical (unpaired) electrons. The van der Waals surface area contributed by atoms with Crippen LogP contribution >= 0.6 is 11.8 Å². The Morgan fingerprint density at radius 3 is 2.73 bits per heavy atom. The lowest BCUT2D eigenvalue weighted by Crippen LogP contribution is -2.13. The molecule has 0 spiro atoms. The van der Waals surface area contributed by atoms with E-state index in [1.165, 1.54) is 29.7 Å². The van der Waals surface area contributed by atoms with Gasteiger partial charge in [0.1, 0.15) is 0 Å². The smallest absolute Gasteiger partial charge is 0.0497 e. The van der Waals surface area contributed by atoms with E-state index in [-0.39, 0.29) is 12.5 Å². The van der Waals surface area contributed by atoms with E-state index < -0.39 is 0 Å². The first-order valence-corrected chi connectivity index (χ1v) is 6.55. The van der Waals surface area contributed by atoms with Gasteiger partial charge in [-0.25, -0.2) is 0 Å². The third kappa shape index (κ3) is 2.56. The Labute approximate surface area is 95.9 Å². The second-order valence-corrected chi connectivity index (χ2v) is 5.63. The van der Waals surface area contributed by atoms with E-state index in [1.807, 2.05) is 11.8 Å². The zero-order valence-electron chi connectivity index (χ0n) is 9.15. The van der Waals surface area contributed by atoms with Crippen LogP contribution in [0.25, 0.3) is 0 Å². The molecule has 1 atom stereocenters. The lowest BCUT2D eigenvalue weighted by atomic mass is 10.00. The van der Waals surface area contributed by atoms with E-state index in [1.54, 1.807) is 0 Å². The number of benzene rings is 1. The summed E-state index contributed by atoms with van der Waals surface area (Å²) in [6.45, 7) is 2.32. The van der Waals surface area contributed by atoms with Crippen molar-refractivity contribution in [1.29, 1.82) is 0 Å². The first-order chi connectivity index (χ1) is 7.31. The molecule has 1 aromatic carbocycles. The molecule has 2 rings (SSSR count). The summed E-state index contributed by atoms with van der Waals surface area (Å²) in [4.78, 5) is 1.36. The summed E-state index contributed by atoms with van der Waals surface area (Å²) >= 11 is 1.99. The standard InChI is InChI=1S/C13H18OS/c1-10(9-14)12-7-2-3-8-13(12)15-11-5-4-6-11/h2-3,7-8,10-11,14H,4-6,9H2,1H3. The molecule has 82 valence electrons. The Balaban J connectivity index is 2.13. The van der Waals surface area contributed by atoms with Gasteiger partial charge in [0.05, 0.1) is 0 Å². The summed E-state index contributed by atoms with van der Waals surface area (Å²) in [6.07, 6.45) is 4.09. The molecule has 0 amide bonds. The van der Waals surface area contributed by atoms with Crippen LogP contribution in [0.15, 0.2) is 29.2 Å². The minimum atomic E-state index is 0.238. The Kier molecular flexibility index (Phi) is 3.71. The minimum Gasteiger partial charge on any atom is -0.396 e. The van der Waals surface area contributed by atoms with Gasteiger partial charge in [0.25, 0.3) is 0 Å². The number of aliphatic hydroxyl groups is 1. The fraction of sp³-hybridized carbons (Fsp3) is 0.538. The molecule has 1 fully saturated rings. The van der Waals surface area contributed by atoms with Gasteiger partial charge in [-0.15, -0.1) is 11.8 Å². The van der Waals surface area contributed by atoms with Crippen molar-refractivity contribution in [3.05, 3.63) is 29.8 Å².